The highest BCUT2D eigenvalue weighted by Crippen LogP contribution is 2.20. The third-order valence-corrected chi connectivity index (χ3v) is 2.08. The van der Waals surface area contributed by atoms with E-state index in [0.29, 0.717) is 6.04 Å². The number of rotatable bonds is 5. The van der Waals surface area contributed by atoms with Crippen molar-refractivity contribution < 1.29 is 4.79 Å². The second kappa shape index (κ2) is 7.70. The summed E-state index contributed by atoms with van der Waals surface area (Å²) in [7, 11) is 0. The van der Waals surface area contributed by atoms with Crippen molar-refractivity contribution in [3.05, 3.63) is 0 Å². The van der Waals surface area contributed by atoms with E-state index in [1.807, 2.05) is 13.8 Å². The van der Waals surface area contributed by atoms with Crippen LogP contribution in [0.3, 0.4) is 0 Å². The Kier molecular flexibility index (Phi) is 8.51. The summed E-state index contributed by atoms with van der Waals surface area (Å²) < 4.78 is 0. The first-order valence-electron chi connectivity index (χ1n) is 6.60. The SMILES string of the molecule is CC.CC(=O)NC(C)(C)CC(C)(C)NC(C)C. The minimum atomic E-state index is -0.169. The molecule has 1 amide bonds. The van der Waals surface area contributed by atoms with Gasteiger partial charge in [-0.25, -0.2) is 0 Å². The normalized spacial score (nSPS) is 11.9. The molecule has 2 N–H and O–H groups in total. The van der Waals surface area contributed by atoms with Gasteiger partial charge in [0.2, 0.25) is 5.91 Å². The third kappa shape index (κ3) is 11.7. The smallest absolute Gasteiger partial charge is 0.217 e. The Morgan fingerprint density at radius 3 is 1.76 bits per heavy atom. The first-order valence-corrected chi connectivity index (χ1v) is 6.60. The molecule has 3 heteroatoms. The fourth-order valence-electron chi connectivity index (χ4n) is 2.46. The average molecular weight is 244 g/mol. The molecule has 0 radical (unpaired) electrons. The topological polar surface area (TPSA) is 41.1 Å². The number of nitrogens with one attached hydrogen (secondary N) is 2. The molecular formula is C14H32N2O. The van der Waals surface area contributed by atoms with Gasteiger partial charge < -0.3 is 10.6 Å². The lowest BCUT2D eigenvalue weighted by atomic mass is 9.86. The Hall–Kier alpha value is -0.570. The maximum atomic E-state index is 11.0. The van der Waals surface area contributed by atoms with Crippen molar-refractivity contribution in [2.24, 2.45) is 0 Å². The van der Waals surface area contributed by atoms with E-state index in [1.165, 1.54) is 0 Å². The first-order chi connectivity index (χ1) is 7.54. The molecule has 0 aliphatic heterocycles. The van der Waals surface area contributed by atoms with Crippen LogP contribution in [0.4, 0.5) is 0 Å². The third-order valence-electron chi connectivity index (χ3n) is 2.08. The molecular weight excluding hydrogens is 212 g/mol. The van der Waals surface area contributed by atoms with Gasteiger partial charge in [-0.3, -0.25) is 4.79 Å². The Labute approximate surface area is 108 Å². The van der Waals surface area contributed by atoms with Gasteiger partial charge in [0, 0.05) is 24.0 Å². The number of hydrogen-bond acceptors (Lipinski definition) is 2. The van der Waals surface area contributed by atoms with Crippen LogP contribution < -0.4 is 10.6 Å². The zero-order valence-electron chi connectivity index (χ0n) is 13.2. The lowest BCUT2D eigenvalue weighted by molar-refractivity contribution is -0.120. The van der Waals surface area contributed by atoms with E-state index in [2.05, 4.69) is 52.2 Å². The summed E-state index contributed by atoms with van der Waals surface area (Å²) in [6, 6.07) is 0.452. The summed E-state index contributed by atoms with van der Waals surface area (Å²) in [5.41, 5.74) is -0.142. The Morgan fingerprint density at radius 2 is 1.47 bits per heavy atom. The van der Waals surface area contributed by atoms with Crippen LogP contribution in [0.1, 0.15) is 68.7 Å². The van der Waals surface area contributed by atoms with Gasteiger partial charge in [-0.05, 0) is 34.1 Å². The minimum absolute atomic E-state index is 0.0279. The zero-order chi connectivity index (χ0) is 14.3. The highest BCUT2D eigenvalue weighted by molar-refractivity contribution is 5.73. The van der Waals surface area contributed by atoms with Gasteiger partial charge in [-0.1, -0.05) is 27.7 Å². The van der Waals surface area contributed by atoms with E-state index in [4.69, 9.17) is 0 Å². The predicted molar refractivity (Wildman–Crippen MR) is 76.2 cm³/mol. The Balaban J connectivity index is 0. The summed E-state index contributed by atoms with van der Waals surface area (Å²) in [5.74, 6) is 0.0281. The van der Waals surface area contributed by atoms with Crippen molar-refractivity contribution in [3.63, 3.8) is 0 Å². The first kappa shape index (κ1) is 18.8. The highest BCUT2D eigenvalue weighted by Gasteiger charge is 2.29. The molecule has 0 aromatic heterocycles. The van der Waals surface area contributed by atoms with Crippen molar-refractivity contribution in [3.8, 4) is 0 Å². The van der Waals surface area contributed by atoms with E-state index in [9.17, 15) is 4.79 Å². The summed E-state index contributed by atoms with van der Waals surface area (Å²) in [5, 5.41) is 6.47. The van der Waals surface area contributed by atoms with Crippen molar-refractivity contribution in [1.82, 2.24) is 10.6 Å². The molecule has 17 heavy (non-hydrogen) atoms. The van der Waals surface area contributed by atoms with E-state index in [1.54, 1.807) is 6.92 Å². The van der Waals surface area contributed by atoms with Crippen LogP contribution >= 0.6 is 0 Å². The molecule has 0 spiro atoms. The molecule has 0 atom stereocenters. The Morgan fingerprint density at radius 1 is 1.06 bits per heavy atom. The second-order valence-electron chi connectivity index (χ2n) is 5.92. The fraction of sp³-hybridized carbons (Fsp3) is 0.929. The lowest BCUT2D eigenvalue weighted by Gasteiger charge is -2.37. The number of amides is 1. The Bertz CT molecular complexity index is 220. The standard InChI is InChI=1S/C12H26N2O.C2H6/c1-9(2)13-11(4,5)8-12(6,7)14-10(3)15;1-2/h9,13H,8H2,1-7H3,(H,14,15);1-2H3. The van der Waals surface area contributed by atoms with E-state index in [0.717, 1.165) is 6.42 Å². The van der Waals surface area contributed by atoms with Crippen molar-refractivity contribution in [2.45, 2.75) is 85.9 Å². The summed E-state index contributed by atoms with van der Waals surface area (Å²) in [6.07, 6.45) is 0.901. The molecule has 0 aliphatic carbocycles. The molecule has 0 aliphatic rings. The molecule has 0 saturated carbocycles. The van der Waals surface area contributed by atoms with Gasteiger partial charge >= 0.3 is 0 Å². The maximum absolute atomic E-state index is 11.0. The molecule has 0 heterocycles. The van der Waals surface area contributed by atoms with Crippen LogP contribution in [0, 0.1) is 0 Å². The molecule has 0 aromatic rings. The van der Waals surface area contributed by atoms with Crippen LogP contribution in [-0.2, 0) is 4.79 Å². The van der Waals surface area contributed by atoms with Crippen molar-refractivity contribution in [1.29, 1.82) is 0 Å². The van der Waals surface area contributed by atoms with Gasteiger partial charge in [0.15, 0.2) is 0 Å². The number of hydrogen-bond donors (Lipinski definition) is 2. The largest absolute Gasteiger partial charge is 0.351 e. The van der Waals surface area contributed by atoms with Crippen LogP contribution in [0.5, 0.6) is 0 Å². The van der Waals surface area contributed by atoms with Gasteiger partial charge in [-0.2, -0.15) is 0 Å². The van der Waals surface area contributed by atoms with Crippen molar-refractivity contribution >= 4 is 5.91 Å². The van der Waals surface area contributed by atoms with Gasteiger partial charge in [0.05, 0.1) is 0 Å². The molecule has 104 valence electrons. The summed E-state index contributed by atoms with van der Waals surface area (Å²) >= 11 is 0. The molecule has 3 nitrogen and oxygen atoms in total. The minimum Gasteiger partial charge on any atom is -0.351 e. The van der Waals surface area contributed by atoms with Crippen LogP contribution in [-0.4, -0.2) is 23.0 Å². The van der Waals surface area contributed by atoms with Crippen LogP contribution in [0.2, 0.25) is 0 Å². The molecule has 0 fully saturated rings. The predicted octanol–water partition coefficient (Wildman–Crippen LogP) is 3.09. The van der Waals surface area contributed by atoms with Crippen molar-refractivity contribution in [2.75, 3.05) is 0 Å². The molecule has 0 rings (SSSR count). The van der Waals surface area contributed by atoms with Crippen LogP contribution in [0.15, 0.2) is 0 Å². The van der Waals surface area contributed by atoms with Gasteiger partial charge in [0.25, 0.3) is 0 Å². The van der Waals surface area contributed by atoms with Gasteiger partial charge in [0.1, 0.15) is 0 Å². The summed E-state index contributed by atoms with van der Waals surface area (Å²) in [4.78, 5) is 11.0. The summed E-state index contributed by atoms with van der Waals surface area (Å²) in [6.45, 7) is 18.3. The maximum Gasteiger partial charge on any atom is 0.217 e. The molecule has 0 unspecified atom stereocenters. The lowest BCUT2D eigenvalue weighted by Crippen LogP contribution is -2.53. The fourth-order valence-corrected chi connectivity index (χ4v) is 2.46. The van der Waals surface area contributed by atoms with E-state index in [-0.39, 0.29) is 17.0 Å². The zero-order valence-corrected chi connectivity index (χ0v) is 13.2. The highest BCUT2D eigenvalue weighted by atomic mass is 16.1. The van der Waals surface area contributed by atoms with Crippen LogP contribution in [0.25, 0.3) is 0 Å². The average Bonchev–Trinajstić information content (AvgIpc) is 1.99. The number of carbonyl (C=O) groups is 1. The molecule has 0 aromatic carbocycles. The van der Waals surface area contributed by atoms with E-state index < -0.39 is 0 Å². The quantitative estimate of drug-likeness (QED) is 0.780. The number of carbonyl (C=O) groups excluding carboxylic acids is 1. The second-order valence-corrected chi connectivity index (χ2v) is 5.92. The monoisotopic (exact) mass is 244 g/mol. The molecule has 0 bridgehead atoms. The molecule has 0 saturated heterocycles. The van der Waals surface area contributed by atoms with Gasteiger partial charge in [-0.15, -0.1) is 0 Å². The van der Waals surface area contributed by atoms with E-state index >= 15 is 0 Å².